The van der Waals surface area contributed by atoms with Crippen LogP contribution in [0.25, 0.3) is 0 Å². The van der Waals surface area contributed by atoms with Crippen LogP contribution in [0, 0.1) is 16.7 Å². The quantitative estimate of drug-likeness (QED) is 0.214. The molecule has 0 heterocycles. The number of esters is 3. The summed E-state index contributed by atoms with van der Waals surface area (Å²) in [5.74, 6) is -1.39. The standard InChI is InChI=1S/C31H49NO9/c1-12-30(8,9)27(34)40-24-15-14-22(17-25(24)41-28(35)31(10,11)13-2)16-23(32)26(33)37-20(6)21(7)39-29(36)38-19(5)18(3)4/h14-15,17-21,23H,12-13,16,32H2,1-11H3/t19?,20-,21-,23-/m0/s1. The number of nitrogens with two attached hydrogens (primary N) is 1. The number of hydrogen-bond acceptors (Lipinski definition) is 10. The van der Waals surface area contributed by atoms with Crippen molar-refractivity contribution in [3.05, 3.63) is 23.8 Å². The van der Waals surface area contributed by atoms with Crippen molar-refractivity contribution >= 4 is 24.1 Å². The molecule has 0 spiro atoms. The van der Waals surface area contributed by atoms with E-state index in [4.69, 9.17) is 29.4 Å². The number of benzene rings is 1. The second kappa shape index (κ2) is 15.2. The molecule has 41 heavy (non-hydrogen) atoms. The minimum absolute atomic E-state index is 0.0468. The van der Waals surface area contributed by atoms with Gasteiger partial charge in [-0.15, -0.1) is 0 Å². The Kier molecular flexibility index (Phi) is 13.3. The zero-order valence-electron chi connectivity index (χ0n) is 26.5. The predicted octanol–water partition coefficient (Wildman–Crippen LogP) is 5.76. The summed E-state index contributed by atoms with van der Waals surface area (Å²) < 4.78 is 27.1. The smallest absolute Gasteiger partial charge is 0.458 e. The summed E-state index contributed by atoms with van der Waals surface area (Å²) in [6.45, 7) is 19.6. The minimum Gasteiger partial charge on any atom is -0.458 e. The van der Waals surface area contributed by atoms with Crippen LogP contribution >= 0.6 is 0 Å². The van der Waals surface area contributed by atoms with Gasteiger partial charge in [0.2, 0.25) is 0 Å². The molecule has 0 bridgehead atoms. The van der Waals surface area contributed by atoms with Crippen molar-refractivity contribution in [1.29, 1.82) is 0 Å². The first-order valence-electron chi connectivity index (χ1n) is 14.2. The lowest BCUT2D eigenvalue weighted by atomic mass is 9.90. The van der Waals surface area contributed by atoms with Crippen LogP contribution in [-0.2, 0) is 35.0 Å². The fourth-order valence-corrected chi connectivity index (χ4v) is 2.88. The van der Waals surface area contributed by atoms with Crippen LogP contribution in [0.15, 0.2) is 18.2 Å². The van der Waals surface area contributed by atoms with Gasteiger partial charge in [0.15, 0.2) is 11.5 Å². The van der Waals surface area contributed by atoms with Crippen molar-refractivity contribution in [2.24, 2.45) is 22.5 Å². The molecule has 0 saturated heterocycles. The van der Waals surface area contributed by atoms with E-state index in [1.807, 2.05) is 27.7 Å². The van der Waals surface area contributed by atoms with E-state index in [1.165, 1.54) is 12.1 Å². The Balaban J connectivity index is 3.02. The van der Waals surface area contributed by atoms with Crippen LogP contribution in [0.4, 0.5) is 4.79 Å². The summed E-state index contributed by atoms with van der Waals surface area (Å²) in [7, 11) is 0. The molecule has 1 aromatic carbocycles. The molecule has 0 aliphatic heterocycles. The SMILES string of the molecule is CCC(C)(C)C(=O)Oc1ccc(C[C@H](N)C(=O)O[C@@H](C)[C@H](C)OC(=O)OC(C)C(C)C)cc1OC(=O)C(C)(C)CC. The summed E-state index contributed by atoms with van der Waals surface area (Å²) in [6.07, 6.45) is -1.59. The Morgan fingerprint density at radius 3 is 1.68 bits per heavy atom. The van der Waals surface area contributed by atoms with Crippen molar-refractivity contribution in [3.8, 4) is 11.5 Å². The zero-order valence-corrected chi connectivity index (χ0v) is 26.5. The molecule has 2 N–H and O–H groups in total. The van der Waals surface area contributed by atoms with Crippen LogP contribution < -0.4 is 15.2 Å². The van der Waals surface area contributed by atoms with Gasteiger partial charge in [-0.25, -0.2) is 4.79 Å². The topological polar surface area (TPSA) is 140 Å². The molecule has 0 aliphatic carbocycles. The summed E-state index contributed by atoms with van der Waals surface area (Å²) in [5.41, 5.74) is 5.18. The van der Waals surface area contributed by atoms with Gasteiger partial charge in [0.1, 0.15) is 24.4 Å². The van der Waals surface area contributed by atoms with E-state index >= 15 is 0 Å². The van der Waals surface area contributed by atoms with Crippen LogP contribution in [0.1, 0.15) is 94.6 Å². The van der Waals surface area contributed by atoms with E-state index in [0.717, 1.165) is 0 Å². The molecule has 0 aromatic heterocycles. The molecule has 1 rings (SSSR count). The molecule has 0 saturated carbocycles. The molecule has 10 nitrogen and oxygen atoms in total. The van der Waals surface area contributed by atoms with Crippen molar-refractivity contribution in [2.75, 3.05) is 0 Å². The van der Waals surface area contributed by atoms with Crippen LogP contribution in [0.2, 0.25) is 0 Å². The largest absolute Gasteiger partial charge is 0.508 e. The third-order valence-electron chi connectivity index (χ3n) is 7.51. The van der Waals surface area contributed by atoms with Gasteiger partial charge in [0.05, 0.1) is 10.8 Å². The number of carbonyl (C=O) groups is 4. The maximum atomic E-state index is 12.8. The fourth-order valence-electron chi connectivity index (χ4n) is 2.88. The van der Waals surface area contributed by atoms with Gasteiger partial charge in [-0.3, -0.25) is 14.4 Å². The van der Waals surface area contributed by atoms with Crippen LogP contribution in [0.3, 0.4) is 0 Å². The van der Waals surface area contributed by atoms with E-state index in [-0.39, 0.29) is 29.9 Å². The first kappa shape index (κ1) is 35.9. The van der Waals surface area contributed by atoms with E-state index in [9.17, 15) is 19.2 Å². The second-order valence-corrected chi connectivity index (χ2v) is 12.1. The Hall–Kier alpha value is -3.14. The average molecular weight is 580 g/mol. The van der Waals surface area contributed by atoms with Crippen molar-refractivity contribution in [2.45, 2.75) is 120 Å². The summed E-state index contributed by atoms with van der Waals surface area (Å²) in [6, 6.07) is 3.61. The fraction of sp³-hybridized carbons (Fsp3) is 0.677. The lowest BCUT2D eigenvalue weighted by Gasteiger charge is -2.24. The molecule has 1 unspecified atom stereocenters. The van der Waals surface area contributed by atoms with Crippen molar-refractivity contribution in [1.82, 2.24) is 0 Å². The normalized spacial score (nSPS) is 14.9. The molecule has 1 aromatic rings. The highest BCUT2D eigenvalue weighted by Gasteiger charge is 2.32. The Morgan fingerprint density at radius 1 is 0.732 bits per heavy atom. The van der Waals surface area contributed by atoms with Gasteiger partial charge in [-0.05, 0) is 91.3 Å². The third kappa shape index (κ3) is 11.0. The average Bonchev–Trinajstić information content (AvgIpc) is 2.89. The molecule has 0 amide bonds. The lowest BCUT2D eigenvalue weighted by molar-refractivity contribution is -0.156. The molecule has 4 atom stereocenters. The third-order valence-corrected chi connectivity index (χ3v) is 7.51. The number of hydrogen-bond donors (Lipinski definition) is 1. The number of ether oxygens (including phenoxy) is 5. The molecule has 232 valence electrons. The molecule has 0 aliphatic rings. The van der Waals surface area contributed by atoms with Crippen LogP contribution in [-0.4, -0.2) is 48.4 Å². The van der Waals surface area contributed by atoms with E-state index < -0.39 is 53.1 Å². The minimum atomic E-state index is -1.07. The first-order chi connectivity index (χ1) is 18.8. The summed E-state index contributed by atoms with van der Waals surface area (Å²) in [4.78, 5) is 50.3. The Bertz CT molecular complexity index is 1060. The highest BCUT2D eigenvalue weighted by molar-refractivity contribution is 5.81. The molecular weight excluding hydrogens is 530 g/mol. The molecule has 0 fully saturated rings. The van der Waals surface area contributed by atoms with E-state index in [0.29, 0.717) is 18.4 Å². The monoisotopic (exact) mass is 579 g/mol. The molecule has 10 heteroatoms. The second-order valence-electron chi connectivity index (χ2n) is 12.1. The number of carbonyl (C=O) groups excluding carboxylic acids is 4. The van der Waals surface area contributed by atoms with Gasteiger partial charge in [-0.1, -0.05) is 33.8 Å². The van der Waals surface area contributed by atoms with Gasteiger partial charge < -0.3 is 29.4 Å². The van der Waals surface area contributed by atoms with E-state index in [1.54, 1.807) is 54.5 Å². The van der Waals surface area contributed by atoms with Gasteiger partial charge >= 0.3 is 24.1 Å². The highest BCUT2D eigenvalue weighted by Crippen LogP contribution is 2.34. The zero-order chi connectivity index (χ0) is 31.7. The maximum Gasteiger partial charge on any atom is 0.508 e. The first-order valence-corrected chi connectivity index (χ1v) is 14.2. The predicted molar refractivity (Wildman–Crippen MR) is 154 cm³/mol. The van der Waals surface area contributed by atoms with Gasteiger partial charge in [-0.2, -0.15) is 0 Å². The number of rotatable bonds is 14. The van der Waals surface area contributed by atoms with Gasteiger partial charge in [0.25, 0.3) is 0 Å². The van der Waals surface area contributed by atoms with Gasteiger partial charge in [0, 0.05) is 0 Å². The molecular formula is C31H49NO9. The highest BCUT2D eigenvalue weighted by atomic mass is 16.7. The summed E-state index contributed by atoms with van der Waals surface area (Å²) in [5, 5.41) is 0. The van der Waals surface area contributed by atoms with Crippen molar-refractivity contribution in [3.63, 3.8) is 0 Å². The Morgan fingerprint density at radius 2 is 1.20 bits per heavy atom. The van der Waals surface area contributed by atoms with E-state index in [2.05, 4.69) is 0 Å². The van der Waals surface area contributed by atoms with Crippen molar-refractivity contribution < 1.29 is 42.9 Å². The lowest BCUT2D eigenvalue weighted by Crippen LogP contribution is -2.39. The Labute approximate surface area is 244 Å². The summed E-state index contributed by atoms with van der Waals surface area (Å²) >= 11 is 0. The van der Waals surface area contributed by atoms with Crippen LogP contribution in [0.5, 0.6) is 11.5 Å². The molecule has 0 radical (unpaired) electrons. The maximum absolute atomic E-state index is 12.8.